The number of amides is 4. The first-order valence-electron chi connectivity index (χ1n) is 14.7. The molecule has 2 heterocycles. The Hall–Kier alpha value is -3.85. The summed E-state index contributed by atoms with van der Waals surface area (Å²) in [5.74, 6) is -1.79. The maximum Gasteiger partial charge on any atom is 0.329 e. The van der Waals surface area contributed by atoms with Crippen LogP contribution in [0.3, 0.4) is 0 Å². The van der Waals surface area contributed by atoms with E-state index < -0.39 is 29.7 Å². The highest BCUT2D eigenvalue weighted by Crippen LogP contribution is 2.35. The molecular weight excluding hydrogens is 541 g/mol. The lowest BCUT2D eigenvalue weighted by atomic mass is 9.89. The fourth-order valence-corrected chi connectivity index (χ4v) is 6.10. The highest BCUT2D eigenvalue weighted by Gasteiger charge is 2.40. The minimum Gasteiger partial charge on any atom is -0.338 e. The van der Waals surface area contributed by atoms with Gasteiger partial charge in [-0.3, -0.25) is 0 Å². The van der Waals surface area contributed by atoms with Crippen molar-refractivity contribution in [3.8, 4) is 0 Å². The molecule has 6 nitrogen and oxygen atoms in total. The van der Waals surface area contributed by atoms with E-state index in [4.69, 9.17) is 0 Å². The Morgan fingerprint density at radius 1 is 0.881 bits per heavy atom. The van der Waals surface area contributed by atoms with Crippen molar-refractivity contribution in [2.24, 2.45) is 0 Å². The van der Waals surface area contributed by atoms with Gasteiger partial charge in [0.25, 0.3) is 0 Å². The van der Waals surface area contributed by atoms with E-state index in [1.165, 1.54) is 23.8 Å². The molecule has 0 aromatic heterocycles. The molecular formula is C33H37F3N4O2. The van der Waals surface area contributed by atoms with Crippen molar-refractivity contribution in [3.63, 3.8) is 0 Å². The topological polar surface area (TPSA) is 55.9 Å². The lowest BCUT2D eigenvalue weighted by Crippen LogP contribution is -2.56. The first-order valence-corrected chi connectivity index (χ1v) is 14.7. The summed E-state index contributed by atoms with van der Waals surface area (Å²) < 4.78 is 41.1. The molecule has 0 saturated carbocycles. The summed E-state index contributed by atoms with van der Waals surface area (Å²) in [7, 11) is 0. The molecule has 9 heteroatoms. The van der Waals surface area contributed by atoms with Gasteiger partial charge in [0.05, 0.1) is 12.1 Å². The number of halogens is 3. The normalized spacial score (nSPS) is 19.1. The van der Waals surface area contributed by atoms with Gasteiger partial charge in [-0.15, -0.1) is 0 Å². The number of piperidine rings is 1. The average molecular weight is 579 g/mol. The fourth-order valence-electron chi connectivity index (χ4n) is 6.10. The van der Waals surface area contributed by atoms with E-state index in [0.717, 1.165) is 55.1 Å². The van der Waals surface area contributed by atoms with E-state index in [9.17, 15) is 22.8 Å². The summed E-state index contributed by atoms with van der Waals surface area (Å²) in [5.41, 5.74) is 2.50. The van der Waals surface area contributed by atoms with Crippen molar-refractivity contribution in [1.82, 2.24) is 20.0 Å². The number of carbonyl (C=O) groups excluding carboxylic acids is 2. The van der Waals surface area contributed by atoms with Gasteiger partial charge >= 0.3 is 12.1 Å². The molecule has 0 radical (unpaired) electrons. The van der Waals surface area contributed by atoms with Crippen molar-refractivity contribution in [2.75, 3.05) is 32.7 Å². The third kappa shape index (κ3) is 6.78. The van der Waals surface area contributed by atoms with Gasteiger partial charge in [-0.2, -0.15) is 0 Å². The number of carbonyl (C=O) groups is 2. The Kier molecular flexibility index (Phi) is 9.47. The second-order valence-electron chi connectivity index (χ2n) is 11.2. The van der Waals surface area contributed by atoms with Gasteiger partial charge in [0.1, 0.15) is 5.82 Å². The number of hydrogen-bond acceptors (Lipinski definition) is 3. The minimum absolute atomic E-state index is 0.223. The molecule has 3 aromatic rings. The second-order valence-corrected chi connectivity index (χ2v) is 11.2. The highest BCUT2D eigenvalue weighted by atomic mass is 19.2. The summed E-state index contributed by atoms with van der Waals surface area (Å²) in [6.07, 6.45) is 3.08. The number of nitrogens with one attached hydrogen (secondary N) is 1. The quantitative estimate of drug-likeness (QED) is 0.293. The number of urea groups is 2. The van der Waals surface area contributed by atoms with Gasteiger partial charge in [0.2, 0.25) is 0 Å². The largest absolute Gasteiger partial charge is 0.338 e. The molecule has 0 spiro atoms. The van der Waals surface area contributed by atoms with Crippen LogP contribution in [-0.2, 0) is 0 Å². The molecule has 4 amide bonds. The van der Waals surface area contributed by atoms with E-state index in [1.54, 1.807) is 4.90 Å². The number of nitrogens with zero attached hydrogens (tertiary/aromatic N) is 3. The predicted molar refractivity (Wildman–Crippen MR) is 155 cm³/mol. The van der Waals surface area contributed by atoms with Crippen molar-refractivity contribution in [2.45, 2.75) is 50.6 Å². The number of imide groups is 1. The standard InChI is InChI=1S/C33H37F3N4O2/c1-23(24-6-3-2-4-7-24)39-21-16-31(27-10-13-29(35)30(36)22-27)40(33(39)42)32(41)37-17-5-18-38-19-14-26(15-20-38)25-8-11-28(34)12-9-25/h2-4,6-13,22-23,26,31H,5,14-21H2,1H3,(H,37,41)/t23-,31+/m1/s1. The number of hydrogen-bond donors (Lipinski definition) is 1. The Bertz CT molecular complexity index is 1360. The summed E-state index contributed by atoms with van der Waals surface area (Å²) in [4.78, 5) is 32.4. The van der Waals surface area contributed by atoms with Crippen LogP contribution in [0.25, 0.3) is 0 Å². The zero-order chi connectivity index (χ0) is 29.6. The first kappa shape index (κ1) is 29.6. The minimum atomic E-state index is -1.01. The highest BCUT2D eigenvalue weighted by molar-refractivity contribution is 5.95. The number of likely N-dealkylation sites (tertiary alicyclic amines) is 1. The van der Waals surface area contributed by atoms with Crippen LogP contribution in [0.15, 0.2) is 72.8 Å². The van der Waals surface area contributed by atoms with Gasteiger partial charge in [0.15, 0.2) is 11.6 Å². The maximum absolute atomic E-state index is 14.1. The van der Waals surface area contributed by atoms with Crippen molar-refractivity contribution in [3.05, 3.63) is 107 Å². The third-order valence-corrected chi connectivity index (χ3v) is 8.56. The molecule has 0 unspecified atom stereocenters. The zero-order valence-electron chi connectivity index (χ0n) is 23.8. The summed E-state index contributed by atoms with van der Waals surface area (Å²) in [6.45, 7) is 5.31. The Labute approximate surface area is 245 Å². The molecule has 0 aliphatic carbocycles. The molecule has 2 saturated heterocycles. The number of rotatable bonds is 8. The first-order chi connectivity index (χ1) is 20.3. The van der Waals surface area contributed by atoms with Crippen LogP contribution < -0.4 is 5.32 Å². The molecule has 1 N–H and O–H groups in total. The lowest BCUT2D eigenvalue weighted by Gasteiger charge is -2.43. The molecule has 2 fully saturated rings. The van der Waals surface area contributed by atoms with Crippen LogP contribution >= 0.6 is 0 Å². The monoisotopic (exact) mass is 578 g/mol. The van der Waals surface area contributed by atoms with E-state index in [-0.39, 0.29) is 11.9 Å². The smallest absolute Gasteiger partial charge is 0.329 e. The molecule has 5 rings (SSSR count). The Morgan fingerprint density at radius 2 is 1.57 bits per heavy atom. The fraction of sp³-hybridized carbons (Fsp3) is 0.394. The third-order valence-electron chi connectivity index (χ3n) is 8.56. The molecule has 2 aliphatic heterocycles. The predicted octanol–water partition coefficient (Wildman–Crippen LogP) is 7.01. The molecule has 0 bridgehead atoms. The molecule has 2 aliphatic rings. The van der Waals surface area contributed by atoms with Crippen LogP contribution in [0.2, 0.25) is 0 Å². The van der Waals surface area contributed by atoms with E-state index in [1.807, 2.05) is 49.4 Å². The van der Waals surface area contributed by atoms with Crippen molar-refractivity contribution < 1.29 is 22.8 Å². The van der Waals surface area contributed by atoms with Crippen LogP contribution in [0.5, 0.6) is 0 Å². The average Bonchev–Trinajstić information content (AvgIpc) is 3.01. The van der Waals surface area contributed by atoms with Gasteiger partial charge in [-0.25, -0.2) is 27.7 Å². The van der Waals surface area contributed by atoms with E-state index in [0.29, 0.717) is 37.4 Å². The van der Waals surface area contributed by atoms with Gasteiger partial charge in [-0.05, 0) is 99.1 Å². The van der Waals surface area contributed by atoms with Crippen LogP contribution in [-0.4, -0.2) is 59.5 Å². The zero-order valence-corrected chi connectivity index (χ0v) is 23.8. The van der Waals surface area contributed by atoms with Gasteiger partial charge in [-0.1, -0.05) is 48.5 Å². The molecule has 222 valence electrons. The maximum atomic E-state index is 14.1. The van der Waals surface area contributed by atoms with Crippen molar-refractivity contribution >= 4 is 12.1 Å². The van der Waals surface area contributed by atoms with Gasteiger partial charge in [0, 0.05) is 13.1 Å². The van der Waals surface area contributed by atoms with Gasteiger partial charge < -0.3 is 15.1 Å². The van der Waals surface area contributed by atoms with E-state index in [2.05, 4.69) is 10.2 Å². The molecule has 2 atom stereocenters. The molecule has 3 aromatic carbocycles. The second kappa shape index (κ2) is 13.4. The SMILES string of the molecule is C[C@H](c1ccccc1)N1CC[C@@H](c2ccc(F)c(F)c2)N(C(=O)NCCCN2CCC(c3ccc(F)cc3)CC2)C1=O. The summed E-state index contributed by atoms with van der Waals surface area (Å²) >= 11 is 0. The number of benzene rings is 3. The van der Waals surface area contributed by atoms with Crippen LogP contribution in [0.1, 0.15) is 67.3 Å². The Balaban J connectivity index is 1.19. The van der Waals surface area contributed by atoms with Crippen molar-refractivity contribution in [1.29, 1.82) is 0 Å². The van der Waals surface area contributed by atoms with Crippen LogP contribution in [0.4, 0.5) is 22.8 Å². The van der Waals surface area contributed by atoms with Crippen LogP contribution in [0, 0.1) is 17.5 Å². The lowest BCUT2D eigenvalue weighted by molar-refractivity contribution is 0.0944. The Morgan fingerprint density at radius 3 is 2.26 bits per heavy atom. The molecule has 42 heavy (non-hydrogen) atoms. The summed E-state index contributed by atoms with van der Waals surface area (Å²) in [5, 5.41) is 2.90. The summed E-state index contributed by atoms with van der Waals surface area (Å²) in [6, 6.07) is 17.9. The van der Waals surface area contributed by atoms with E-state index >= 15 is 0 Å².